The monoisotopic (exact) mass is 258 g/mol. The predicted octanol–water partition coefficient (Wildman–Crippen LogP) is 0.0904. The molecule has 19 heavy (non-hydrogen) atoms. The molecule has 4 amide bonds. The highest BCUT2D eigenvalue weighted by molar-refractivity contribution is 6.21. The molecule has 0 spiro atoms. The Balaban J connectivity index is 1.97. The zero-order chi connectivity index (χ0) is 13.6. The number of hydrogen-bond donors (Lipinski definition) is 2. The number of carbonyl (C=O) groups is 4. The van der Waals surface area contributed by atoms with Gasteiger partial charge in [-0.05, 0) is 24.1 Å². The van der Waals surface area contributed by atoms with E-state index in [2.05, 4.69) is 10.6 Å². The van der Waals surface area contributed by atoms with Gasteiger partial charge in [0.1, 0.15) is 0 Å². The summed E-state index contributed by atoms with van der Waals surface area (Å²) in [4.78, 5) is 45.8. The number of hydrogen-bond acceptors (Lipinski definition) is 4. The number of nitrogens with one attached hydrogen (secondary N) is 2. The Hall–Kier alpha value is -2.50. The highest BCUT2D eigenvalue weighted by Crippen LogP contribution is 2.27. The van der Waals surface area contributed by atoms with E-state index in [9.17, 15) is 19.2 Å². The van der Waals surface area contributed by atoms with Crippen LogP contribution in [0, 0.1) is 0 Å². The van der Waals surface area contributed by atoms with Crippen LogP contribution >= 0.6 is 0 Å². The van der Waals surface area contributed by atoms with Crippen LogP contribution in [-0.4, -0.2) is 23.6 Å². The van der Waals surface area contributed by atoms with Gasteiger partial charge in [0.05, 0.1) is 17.0 Å². The first-order valence-electron chi connectivity index (χ1n) is 5.89. The van der Waals surface area contributed by atoms with Crippen molar-refractivity contribution in [3.8, 4) is 0 Å². The zero-order valence-corrected chi connectivity index (χ0v) is 9.86. The molecule has 2 aliphatic heterocycles. The van der Waals surface area contributed by atoms with E-state index in [1.807, 2.05) is 0 Å². The molecule has 1 unspecified atom stereocenters. The molecule has 2 heterocycles. The van der Waals surface area contributed by atoms with Gasteiger partial charge in [-0.3, -0.25) is 29.8 Å². The van der Waals surface area contributed by atoms with Crippen molar-refractivity contribution in [2.75, 3.05) is 0 Å². The van der Waals surface area contributed by atoms with Crippen LogP contribution in [0.4, 0.5) is 0 Å². The number of fused-ring (bicyclic) bond motifs is 1. The van der Waals surface area contributed by atoms with Crippen LogP contribution in [0.1, 0.15) is 45.0 Å². The van der Waals surface area contributed by atoms with Gasteiger partial charge >= 0.3 is 0 Å². The summed E-state index contributed by atoms with van der Waals surface area (Å²) in [7, 11) is 0. The van der Waals surface area contributed by atoms with Crippen molar-refractivity contribution < 1.29 is 19.2 Å². The van der Waals surface area contributed by atoms with E-state index in [4.69, 9.17) is 0 Å². The Morgan fingerprint density at radius 2 is 1.68 bits per heavy atom. The summed E-state index contributed by atoms with van der Waals surface area (Å²) >= 11 is 0. The van der Waals surface area contributed by atoms with E-state index in [1.54, 1.807) is 12.1 Å². The fraction of sp³-hybridized carbons (Fsp3) is 0.231. The first-order chi connectivity index (χ1) is 9.06. The van der Waals surface area contributed by atoms with E-state index in [0.717, 1.165) is 0 Å². The normalized spacial score (nSPS) is 22.0. The van der Waals surface area contributed by atoms with Crippen LogP contribution in [0.5, 0.6) is 0 Å². The van der Waals surface area contributed by atoms with E-state index in [-0.39, 0.29) is 23.8 Å². The van der Waals surface area contributed by atoms with Crippen LogP contribution in [0.2, 0.25) is 0 Å². The summed E-state index contributed by atoms with van der Waals surface area (Å²) in [6, 6.07) is 4.74. The zero-order valence-electron chi connectivity index (χ0n) is 9.86. The van der Waals surface area contributed by atoms with Crippen molar-refractivity contribution in [1.82, 2.24) is 10.6 Å². The molecule has 1 atom stereocenters. The molecule has 1 aromatic rings. The van der Waals surface area contributed by atoms with Crippen LogP contribution in [-0.2, 0) is 9.59 Å². The summed E-state index contributed by atoms with van der Waals surface area (Å²) in [5, 5.41) is 4.47. The second kappa shape index (κ2) is 4.01. The fourth-order valence-corrected chi connectivity index (χ4v) is 2.41. The molecule has 1 saturated heterocycles. The van der Waals surface area contributed by atoms with E-state index >= 15 is 0 Å². The molecule has 0 aromatic heterocycles. The van der Waals surface area contributed by atoms with Gasteiger partial charge in [-0.1, -0.05) is 6.07 Å². The highest BCUT2D eigenvalue weighted by Gasteiger charge is 2.31. The lowest BCUT2D eigenvalue weighted by atomic mass is 9.89. The minimum atomic E-state index is -0.452. The van der Waals surface area contributed by atoms with Crippen LogP contribution < -0.4 is 10.6 Å². The standard InChI is InChI=1S/C13H10N2O4/c16-10-4-3-7(11(17)14-10)6-1-2-8-9(5-6)13(19)15-12(8)18/h1-2,5,7H,3-4H2,(H,14,16,17)(H,15,18,19). The topological polar surface area (TPSA) is 92.3 Å². The molecule has 0 bridgehead atoms. The molecule has 0 radical (unpaired) electrons. The first-order valence-corrected chi connectivity index (χ1v) is 5.89. The summed E-state index contributed by atoms with van der Waals surface area (Å²) < 4.78 is 0. The lowest BCUT2D eigenvalue weighted by molar-refractivity contribution is -0.134. The molecule has 3 rings (SSSR count). The largest absolute Gasteiger partial charge is 0.296 e. The molecular formula is C13H10N2O4. The third-order valence-corrected chi connectivity index (χ3v) is 3.40. The smallest absolute Gasteiger partial charge is 0.258 e. The molecule has 6 heteroatoms. The predicted molar refractivity (Wildman–Crippen MR) is 63.4 cm³/mol. The maximum absolute atomic E-state index is 11.8. The molecule has 96 valence electrons. The Morgan fingerprint density at radius 3 is 2.42 bits per heavy atom. The van der Waals surface area contributed by atoms with Crippen LogP contribution in [0.25, 0.3) is 0 Å². The minimum Gasteiger partial charge on any atom is -0.296 e. The second-order valence-electron chi connectivity index (χ2n) is 4.59. The lowest BCUT2D eigenvalue weighted by Crippen LogP contribution is -2.39. The molecule has 0 aliphatic carbocycles. The van der Waals surface area contributed by atoms with Gasteiger partial charge in [0.2, 0.25) is 11.8 Å². The maximum atomic E-state index is 11.8. The summed E-state index contributed by atoms with van der Waals surface area (Å²) in [5.74, 6) is -1.97. The number of amides is 4. The van der Waals surface area contributed by atoms with Gasteiger partial charge in [0, 0.05) is 6.42 Å². The molecule has 2 N–H and O–H groups in total. The molecule has 1 aromatic carbocycles. The van der Waals surface area contributed by atoms with E-state index < -0.39 is 17.7 Å². The number of benzene rings is 1. The SMILES string of the molecule is O=C1CCC(c2ccc3c(c2)C(=O)NC3=O)C(=O)N1. The van der Waals surface area contributed by atoms with Gasteiger partial charge in [-0.2, -0.15) is 0 Å². The fourth-order valence-electron chi connectivity index (χ4n) is 2.41. The van der Waals surface area contributed by atoms with Crippen molar-refractivity contribution in [3.05, 3.63) is 34.9 Å². The third kappa shape index (κ3) is 1.81. The average Bonchev–Trinajstić information content (AvgIpc) is 2.65. The van der Waals surface area contributed by atoms with Gasteiger partial charge < -0.3 is 0 Å². The van der Waals surface area contributed by atoms with Crippen molar-refractivity contribution >= 4 is 23.6 Å². The Bertz CT molecular complexity index is 636. The van der Waals surface area contributed by atoms with Gasteiger partial charge in [0.25, 0.3) is 11.8 Å². The summed E-state index contributed by atoms with van der Waals surface area (Å²) in [6.07, 6.45) is 0.692. The van der Waals surface area contributed by atoms with Gasteiger partial charge in [0.15, 0.2) is 0 Å². The molecule has 1 fully saturated rings. The number of piperidine rings is 1. The molecule has 2 aliphatic rings. The number of imide groups is 2. The van der Waals surface area contributed by atoms with Crippen LogP contribution in [0.15, 0.2) is 18.2 Å². The van der Waals surface area contributed by atoms with Crippen molar-refractivity contribution in [3.63, 3.8) is 0 Å². The van der Waals surface area contributed by atoms with Gasteiger partial charge in [-0.15, -0.1) is 0 Å². The Kier molecular flexibility index (Phi) is 2.45. The Labute approximate surface area is 108 Å². The molecule has 0 saturated carbocycles. The second-order valence-corrected chi connectivity index (χ2v) is 4.59. The number of rotatable bonds is 1. The minimum absolute atomic E-state index is 0.276. The van der Waals surface area contributed by atoms with E-state index in [0.29, 0.717) is 17.5 Å². The highest BCUT2D eigenvalue weighted by atomic mass is 16.2. The van der Waals surface area contributed by atoms with Crippen molar-refractivity contribution in [2.24, 2.45) is 0 Å². The average molecular weight is 258 g/mol. The molecular weight excluding hydrogens is 248 g/mol. The lowest BCUT2D eigenvalue weighted by Gasteiger charge is -2.21. The maximum Gasteiger partial charge on any atom is 0.258 e. The van der Waals surface area contributed by atoms with Crippen molar-refractivity contribution in [1.29, 1.82) is 0 Å². The van der Waals surface area contributed by atoms with Crippen LogP contribution in [0.3, 0.4) is 0 Å². The van der Waals surface area contributed by atoms with Crippen molar-refractivity contribution in [2.45, 2.75) is 18.8 Å². The first kappa shape index (κ1) is 11.6. The third-order valence-electron chi connectivity index (χ3n) is 3.40. The van der Waals surface area contributed by atoms with E-state index in [1.165, 1.54) is 6.07 Å². The number of carbonyl (C=O) groups excluding carboxylic acids is 4. The quantitative estimate of drug-likeness (QED) is 0.698. The summed E-state index contributed by atoms with van der Waals surface area (Å²) in [5.41, 5.74) is 1.25. The Morgan fingerprint density at radius 1 is 0.947 bits per heavy atom. The van der Waals surface area contributed by atoms with Gasteiger partial charge in [-0.25, -0.2) is 0 Å². The molecule has 6 nitrogen and oxygen atoms in total. The summed E-state index contributed by atoms with van der Waals surface area (Å²) in [6.45, 7) is 0.